The maximum Gasteiger partial charge on any atom is 0.326 e. The molecule has 0 aliphatic rings. The summed E-state index contributed by atoms with van der Waals surface area (Å²) in [5.74, 6) is -2.75. The van der Waals surface area contributed by atoms with Gasteiger partial charge in [-0.05, 0) is 34.4 Å². The van der Waals surface area contributed by atoms with Crippen LogP contribution in [0, 0.1) is 5.82 Å². The first-order valence-corrected chi connectivity index (χ1v) is 10.5. The van der Waals surface area contributed by atoms with Crippen molar-refractivity contribution in [1.82, 2.24) is 10.6 Å². The molecule has 0 aliphatic heterocycles. The minimum atomic E-state index is -1.19. The normalized spacial score (nSPS) is 12.4. The van der Waals surface area contributed by atoms with Crippen molar-refractivity contribution in [2.45, 2.75) is 31.8 Å². The molecule has 3 rings (SSSR count). The minimum Gasteiger partial charge on any atom is -0.480 e. The molecule has 0 heterocycles. The standard InChI is InChI=1S/C26H25FN2O4/c1-17(30)28-23(16-19-6-5-9-22(27)14-19)25(31)29-24(26(32)33)15-18-10-12-21(13-11-18)20-7-3-2-4-8-20/h2-14,23-24H,15-16H2,1H3,(H,28,30)(H,29,31)(H,32,33)/t23-,24-/m1/s1. The van der Waals surface area contributed by atoms with E-state index in [4.69, 9.17) is 0 Å². The van der Waals surface area contributed by atoms with Crippen LogP contribution in [0.5, 0.6) is 0 Å². The first-order chi connectivity index (χ1) is 15.8. The van der Waals surface area contributed by atoms with Crippen molar-refractivity contribution in [1.29, 1.82) is 0 Å². The molecule has 0 aliphatic carbocycles. The highest BCUT2D eigenvalue weighted by Crippen LogP contribution is 2.20. The first kappa shape index (κ1) is 23.7. The third-order valence-corrected chi connectivity index (χ3v) is 5.14. The quantitative estimate of drug-likeness (QED) is 0.468. The number of carboxylic acid groups (broad SMARTS) is 1. The van der Waals surface area contributed by atoms with Gasteiger partial charge in [0.1, 0.15) is 17.9 Å². The van der Waals surface area contributed by atoms with Crippen LogP contribution in [0.25, 0.3) is 11.1 Å². The number of aliphatic carboxylic acids is 1. The van der Waals surface area contributed by atoms with Gasteiger partial charge in [0.05, 0.1) is 0 Å². The van der Waals surface area contributed by atoms with Gasteiger partial charge in [0.15, 0.2) is 0 Å². The van der Waals surface area contributed by atoms with Gasteiger partial charge in [0, 0.05) is 19.8 Å². The van der Waals surface area contributed by atoms with Crippen molar-refractivity contribution in [3.63, 3.8) is 0 Å². The Morgan fingerprint density at radius 1 is 0.788 bits per heavy atom. The van der Waals surface area contributed by atoms with Crippen LogP contribution in [0.4, 0.5) is 4.39 Å². The molecule has 7 heteroatoms. The monoisotopic (exact) mass is 448 g/mol. The molecule has 0 unspecified atom stereocenters. The molecule has 0 aromatic heterocycles. The Hall–Kier alpha value is -4.00. The molecule has 33 heavy (non-hydrogen) atoms. The van der Waals surface area contributed by atoms with Gasteiger partial charge >= 0.3 is 5.97 Å². The second kappa shape index (κ2) is 11.0. The number of halogens is 1. The summed E-state index contributed by atoms with van der Waals surface area (Å²) in [4.78, 5) is 36.2. The lowest BCUT2D eigenvalue weighted by Gasteiger charge is -2.21. The van der Waals surface area contributed by atoms with Crippen molar-refractivity contribution in [3.05, 3.63) is 95.8 Å². The summed E-state index contributed by atoms with van der Waals surface area (Å²) in [5.41, 5.74) is 3.29. The van der Waals surface area contributed by atoms with Crippen LogP contribution in [0.3, 0.4) is 0 Å². The van der Waals surface area contributed by atoms with Crippen LogP contribution in [-0.4, -0.2) is 35.0 Å². The Morgan fingerprint density at radius 3 is 2.03 bits per heavy atom. The van der Waals surface area contributed by atoms with Gasteiger partial charge in [-0.3, -0.25) is 9.59 Å². The Morgan fingerprint density at radius 2 is 1.42 bits per heavy atom. The van der Waals surface area contributed by atoms with Gasteiger partial charge in [-0.25, -0.2) is 9.18 Å². The fourth-order valence-electron chi connectivity index (χ4n) is 3.53. The van der Waals surface area contributed by atoms with Gasteiger partial charge in [-0.15, -0.1) is 0 Å². The lowest BCUT2D eigenvalue weighted by molar-refractivity contribution is -0.142. The zero-order valence-electron chi connectivity index (χ0n) is 18.1. The average Bonchev–Trinajstić information content (AvgIpc) is 2.79. The maximum absolute atomic E-state index is 13.5. The highest BCUT2D eigenvalue weighted by molar-refractivity contribution is 5.90. The van der Waals surface area contributed by atoms with Gasteiger partial charge in [-0.2, -0.15) is 0 Å². The predicted molar refractivity (Wildman–Crippen MR) is 123 cm³/mol. The smallest absolute Gasteiger partial charge is 0.326 e. The highest BCUT2D eigenvalue weighted by Gasteiger charge is 2.26. The third-order valence-electron chi connectivity index (χ3n) is 5.14. The van der Waals surface area contributed by atoms with Crippen LogP contribution in [-0.2, 0) is 27.2 Å². The van der Waals surface area contributed by atoms with Gasteiger partial charge in [-0.1, -0.05) is 66.7 Å². The fraction of sp³-hybridized carbons (Fsp3) is 0.192. The number of carbonyl (C=O) groups is 3. The Labute approximate surface area is 191 Å². The predicted octanol–water partition coefficient (Wildman–Crippen LogP) is 3.35. The number of hydrogen-bond acceptors (Lipinski definition) is 3. The molecule has 0 radical (unpaired) electrons. The molecule has 0 bridgehead atoms. The van der Waals surface area contributed by atoms with E-state index in [-0.39, 0.29) is 12.8 Å². The Kier molecular flexibility index (Phi) is 7.91. The minimum absolute atomic E-state index is 0.0291. The summed E-state index contributed by atoms with van der Waals surface area (Å²) in [6.07, 6.45) is 0.101. The van der Waals surface area contributed by atoms with Crippen LogP contribution in [0.15, 0.2) is 78.9 Å². The zero-order chi connectivity index (χ0) is 23.8. The first-order valence-electron chi connectivity index (χ1n) is 10.5. The molecule has 3 aromatic rings. The lowest BCUT2D eigenvalue weighted by atomic mass is 10.00. The van der Waals surface area contributed by atoms with Gasteiger partial charge in [0.2, 0.25) is 11.8 Å². The van der Waals surface area contributed by atoms with Crippen molar-refractivity contribution in [2.24, 2.45) is 0 Å². The average molecular weight is 448 g/mol. The summed E-state index contributed by atoms with van der Waals surface area (Å²) in [5, 5.41) is 14.7. The lowest BCUT2D eigenvalue weighted by Crippen LogP contribution is -2.52. The van der Waals surface area contributed by atoms with E-state index in [0.717, 1.165) is 16.7 Å². The number of benzene rings is 3. The van der Waals surface area contributed by atoms with E-state index in [1.54, 1.807) is 6.07 Å². The van der Waals surface area contributed by atoms with E-state index in [9.17, 15) is 23.9 Å². The fourth-order valence-corrected chi connectivity index (χ4v) is 3.53. The number of carbonyl (C=O) groups excluding carboxylic acids is 2. The molecular weight excluding hydrogens is 423 g/mol. The second-order valence-electron chi connectivity index (χ2n) is 7.75. The van der Waals surface area contributed by atoms with E-state index in [0.29, 0.717) is 5.56 Å². The molecule has 170 valence electrons. The van der Waals surface area contributed by atoms with E-state index in [2.05, 4.69) is 10.6 Å². The van der Waals surface area contributed by atoms with Crippen molar-refractivity contribution in [2.75, 3.05) is 0 Å². The Bertz CT molecular complexity index is 1120. The Balaban J connectivity index is 1.70. The summed E-state index contributed by atoms with van der Waals surface area (Å²) in [6, 6.07) is 20.7. The second-order valence-corrected chi connectivity index (χ2v) is 7.75. The molecular formula is C26H25FN2O4. The van der Waals surface area contributed by atoms with E-state index in [1.165, 1.54) is 25.1 Å². The maximum atomic E-state index is 13.5. The van der Waals surface area contributed by atoms with Crippen LogP contribution < -0.4 is 10.6 Å². The summed E-state index contributed by atoms with van der Waals surface area (Å²) in [7, 11) is 0. The van der Waals surface area contributed by atoms with E-state index >= 15 is 0 Å². The number of rotatable bonds is 9. The molecule has 2 amide bonds. The molecule has 0 fully saturated rings. The summed E-state index contributed by atoms with van der Waals surface area (Å²) >= 11 is 0. The van der Waals surface area contributed by atoms with Gasteiger partial charge < -0.3 is 15.7 Å². The molecule has 0 spiro atoms. The largest absolute Gasteiger partial charge is 0.480 e. The molecule has 0 saturated heterocycles. The molecule has 3 aromatic carbocycles. The topological polar surface area (TPSA) is 95.5 Å². The third kappa shape index (κ3) is 7.00. The molecule has 2 atom stereocenters. The molecule has 0 saturated carbocycles. The van der Waals surface area contributed by atoms with Crippen LogP contribution in [0.2, 0.25) is 0 Å². The van der Waals surface area contributed by atoms with Crippen molar-refractivity contribution >= 4 is 17.8 Å². The van der Waals surface area contributed by atoms with E-state index in [1.807, 2.05) is 54.6 Å². The van der Waals surface area contributed by atoms with Crippen LogP contribution in [0.1, 0.15) is 18.1 Å². The number of nitrogens with one attached hydrogen (secondary N) is 2. The number of hydrogen-bond donors (Lipinski definition) is 3. The molecule has 3 N–H and O–H groups in total. The molecule has 6 nitrogen and oxygen atoms in total. The van der Waals surface area contributed by atoms with E-state index < -0.39 is 35.7 Å². The number of carboxylic acids is 1. The van der Waals surface area contributed by atoms with Crippen LogP contribution >= 0.6 is 0 Å². The summed E-state index contributed by atoms with van der Waals surface area (Å²) in [6.45, 7) is 1.26. The van der Waals surface area contributed by atoms with Crippen molar-refractivity contribution in [3.8, 4) is 11.1 Å². The number of amides is 2. The zero-order valence-corrected chi connectivity index (χ0v) is 18.1. The highest BCUT2D eigenvalue weighted by atomic mass is 19.1. The van der Waals surface area contributed by atoms with Crippen molar-refractivity contribution < 1.29 is 23.9 Å². The SMILES string of the molecule is CC(=O)N[C@H](Cc1cccc(F)c1)C(=O)N[C@H](Cc1ccc(-c2ccccc2)cc1)C(=O)O. The van der Waals surface area contributed by atoms with Gasteiger partial charge in [0.25, 0.3) is 0 Å². The summed E-state index contributed by atoms with van der Waals surface area (Å²) < 4.78 is 13.5.